The first-order valence-corrected chi connectivity index (χ1v) is 6.14. The molecular formula is C12H21N5O. The van der Waals surface area contributed by atoms with Crippen LogP contribution in [0, 0.1) is 0 Å². The number of rotatable bonds is 7. The molecule has 0 aliphatic rings. The van der Waals surface area contributed by atoms with Crippen molar-refractivity contribution in [3.8, 4) is 0 Å². The Labute approximate surface area is 108 Å². The fourth-order valence-electron chi connectivity index (χ4n) is 1.34. The van der Waals surface area contributed by atoms with Crippen molar-refractivity contribution in [3.05, 3.63) is 12.1 Å². The summed E-state index contributed by atoms with van der Waals surface area (Å²) < 4.78 is 0. The van der Waals surface area contributed by atoms with E-state index < -0.39 is 0 Å². The van der Waals surface area contributed by atoms with Gasteiger partial charge in [-0.1, -0.05) is 6.92 Å². The molecule has 0 spiro atoms. The molecule has 6 heteroatoms. The van der Waals surface area contributed by atoms with Crippen LogP contribution in [-0.2, 0) is 4.79 Å². The molecule has 0 aliphatic carbocycles. The topological polar surface area (TPSA) is 70.2 Å². The molecule has 0 radical (unpaired) electrons. The minimum absolute atomic E-state index is 0.0593. The number of aromatic nitrogens is 2. The van der Waals surface area contributed by atoms with Gasteiger partial charge in [0.05, 0.1) is 0 Å². The molecule has 0 fully saturated rings. The Morgan fingerprint density at radius 3 is 2.50 bits per heavy atom. The highest BCUT2D eigenvalue weighted by atomic mass is 16.1. The third kappa shape index (κ3) is 5.58. The van der Waals surface area contributed by atoms with Gasteiger partial charge in [-0.2, -0.15) is 0 Å². The smallest absolute Gasteiger partial charge is 0.225 e. The Morgan fingerprint density at radius 1 is 1.28 bits per heavy atom. The summed E-state index contributed by atoms with van der Waals surface area (Å²) in [6.07, 6.45) is 1.48. The van der Waals surface area contributed by atoms with Crippen LogP contribution < -0.4 is 10.6 Å². The summed E-state index contributed by atoms with van der Waals surface area (Å²) in [5.74, 6) is 1.15. The van der Waals surface area contributed by atoms with Gasteiger partial charge >= 0.3 is 0 Å². The first kappa shape index (κ1) is 14.4. The van der Waals surface area contributed by atoms with Crippen LogP contribution in [-0.4, -0.2) is 48.2 Å². The molecule has 0 bridgehead atoms. The summed E-state index contributed by atoms with van der Waals surface area (Å²) in [6, 6.07) is 3.56. The van der Waals surface area contributed by atoms with Crippen LogP contribution in [0.1, 0.15) is 19.8 Å². The van der Waals surface area contributed by atoms with Crippen LogP contribution in [0.2, 0.25) is 0 Å². The van der Waals surface area contributed by atoms with Crippen molar-refractivity contribution < 1.29 is 4.79 Å². The van der Waals surface area contributed by atoms with Crippen LogP contribution >= 0.6 is 0 Å². The summed E-state index contributed by atoms with van der Waals surface area (Å²) in [6.45, 7) is 3.68. The van der Waals surface area contributed by atoms with Gasteiger partial charge in [-0.25, -0.2) is 0 Å². The molecule has 1 aromatic rings. The zero-order chi connectivity index (χ0) is 13.4. The van der Waals surface area contributed by atoms with Crippen molar-refractivity contribution in [2.75, 3.05) is 37.8 Å². The van der Waals surface area contributed by atoms with Crippen molar-refractivity contribution in [2.45, 2.75) is 19.8 Å². The monoisotopic (exact) mass is 251 g/mol. The van der Waals surface area contributed by atoms with Crippen molar-refractivity contribution in [2.24, 2.45) is 0 Å². The zero-order valence-electron chi connectivity index (χ0n) is 11.2. The van der Waals surface area contributed by atoms with Crippen molar-refractivity contribution in [1.82, 2.24) is 15.1 Å². The molecule has 0 atom stereocenters. The quantitative estimate of drug-likeness (QED) is 0.712. The second-order valence-electron chi connectivity index (χ2n) is 4.29. The fourth-order valence-corrected chi connectivity index (χ4v) is 1.34. The number of carbonyl (C=O) groups excluding carboxylic acids is 1. The Morgan fingerprint density at radius 2 is 1.94 bits per heavy atom. The lowest BCUT2D eigenvalue weighted by atomic mass is 10.4. The highest BCUT2D eigenvalue weighted by molar-refractivity contribution is 5.89. The predicted octanol–water partition coefficient (Wildman–Crippen LogP) is 1.19. The summed E-state index contributed by atoms with van der Waals surface area (Å²) in [5, 5.41) is 13.8. The van der Waals surface area contributed by atoms with Gasteiger partial charge in [0, 0.05) is 13.0 Å². The molecule has 100 valence electrons. The van der Waals surface area contributed by atoms with Crippen LogP contribution in [0.3, 0.4) is 0 Å². The Balaban J connectivity index is 2.33. The van der Waals surface area contributed by atoms with Gasteiger partial charge in [-0.05, 0) is 39.2 Å². The van der Waals surface area contributed by atoms with Gasteiger partial charge in [-0.15, -0.1) is 10.2 Å². The van der Waals surface area contributed by atoms with E-state index in [-0.39, 0.29) is 5.91 Å². The number of anilines is 2. The summed E-state index contributed by atoms with van der Waals surface area (Å²) in [5.41, 5.74) is 0. The van der Waals surface area contributed by atoms with Gasteiger partial charge < -0.3 is 15.5 Å². The lowest BCUT2D eigenvalue weighted by Crippen LogP contribution is -2.17. The summed E-state index contributed by atoms with van der Waals surface area (Å²) >= 11 is 0. The van der Waals surface area contributed by atoms with E-state index >= 15 is 0 Å². The predicted molar refractivity (Wildman–Crippen MR) is 72.6 cm³/mol. The molecule has 0 saturated heterocycles. The van der Waals surface area contributed by atoms with Gasteiger partial charge in [0.15, 0.2) is 5.82 Å². The molecule has 0 aromatic carbocycles. The maximum Gasteiger partial charge on any atom is 0.225 e. The van der Waals surface area contributed by atoms with E-state index in [0.717, 1.165) is 25.3 Å². The van der Waals surface area contributed by atoms with E-state index in [1.807, 2.05) is 20.2 Å². The van der Waals surface area contributed by atoms with Crippen LogP contribution in [0.15, 0.2) is 12.1 Å². The molecule has 1 rings (SSSR count). The number of amides is 1. The van der Waals surface area contributed by atoms with Crippen LogP contribution in [0.25, 0.3) is 0 Å². The molecule has 0 saturated carbocycles. The minimum atomic E-state index is -0.0593. The highest BCUT2D eigenvalue weighted by Gasteiger charge is 2.01. The van der Waals surface area contributed by atoms with E-state index in [4.69, 9.17) is 0 Å². The number of hydrogen-bond donors (Lipinski definition) is 2. The van der Waals surface area contributed by atoms with Crippen LogP contribution in [0.4, 0.5) is 11.6 Å². The van der Waals surface area contributed by atoms with Gasteiger partial charge in [0.2, 0.25) is 5.91 Å². The lowest BCUT2D eigenvalue weighted by Gasteiger charge is -2.10. The first-order valence-electron chi connectivity index (χ1n) is 6.14. The van der Waals surface area contributed by atoms with E-state index in [9.17, 15) is 4.79 Å². The van der Waals surface area contributed by atoms with Gasteiger partial charge in [-0.3, -0.25) is 4.79 Å². The molecular weight excluding hydrogens is 230 g/mol. The van der Waals surface area contributed by atoms with E-state index in [2.05, 4.69) is 25.7 Å². The second-order valence-corrected chi connectivity index (χ2v) is 4.29. The normalized spacial score (nSPS) is 10.4. The maximum absolute atomic E-state index is 11.1. The van der Waals surface area contributed by atoms with E-state index in [0.29, 0.717) is 12.2 Å². The number of nitrogens with zero attached hydrogens (tertiary/aromatic N) is 3. The molecule has 1 heterocycles. The first-order chi connectivity index (χ1) is 8.61. The fraction of sp³-hybridized carbons (Fsp3) is 0.583. The molecule has 2 N–H and O–H groups in total. The maximum atomic E-state index is 11.1. The zero-order valence-corrected chi connectivity index (χ0v) is 11.2. The van der Waals surface area contributed by atoms with Gasteiger partial charge in [0.25, 0.3) is 0 Å². The Bertz CT molecular complexity index is 363. The van der Waals surface area contributed by atoms with E-state index in [1.54, 1.807) is 13.0 Å². The molecule has 1 aromatic heterocycles. The molecule has 0 unspecified atom stereocenters. The molecule has 0 aliphatic heterocycles. The van der Waals surface area contributed by atoms with Crippen molar-refractivity contribution >= 4 is 17.5 Å². The summed E-state index contributed by atoms with van der Waals surface area (Å²) in [4.78, 5) is 13.3. The average Bonchev–Trinajstić information content (AvgIpc) is 2.36. The SMILES string of the molecule is CCC(=O)Nc1ccc(NCCCN(C)C)nn1. The second kappa shape index (κ2) is 7.60. The number of carbonyl (C=O) groups is 1. The molecule has 1 amide bonds. The van der Waals surface area contributed by atoms with E-state index in [1.165, 1.54) is 0 Å². The standard InChI is InChI=1S/C12H21N5O/c1-4-12(18)14-11-7-6-10(15-16-11)13-8-5-9-17(2)3/h6-7H,4-5,8-9H2,1-3H3,(H,13,15)(H,14,16,18). The lowest BCUT2D eigenvalue weighted by molar-refractivity contribution is -0.115. The number of hydrogen-bond acceptors (Lipinski definition) is 5. The average molecular weight is 251 g/mol. The molecule has 6 nitrogen and oxygen atoms in total. The highest BCUT2D eigenvalue weighted by Crippen LogP contribution is 2.06. The largest absolute Gasteiger partial charge is 0.369 e. The Kier molecular flexibility index (Phi) is 6.07. The number of nitrogens with one attached hydrogen (secondary N) is 2. The third-order valence-corrected chi connectivity index (χ3v) is 2.34. The van der Waals surface area contributed by atoms with Crippen molar-refractivity contribution in [3.63, 3.8) is 0 Å². The minimum Gasteiger partial charge on any atom is -0.369 e. The van der Waals surface area contributed by atoms with Crippen molar-refractivity contribution in [1.29, 1.82) is 0 Å². The van der Waals surface area contributed by atoms with Crippen LogP contribution in [0.5, 0.6) is 0 Å². The molecule has 18 heavy (non-hydrogen) atoms. The summed E-state index contributed by atoms with van der Waals surface area (Å²) in [7, 11) is 4.09. The Hall–Kier alpha value is -1.69. The third-order valence-electron chi connectivity index (χ3n) is 2.34. The van der Waals surface area contributed by atoms with Gasteiger partial charge in [0.1, 0.15) is 5.82 Å².